The second-order valence-electron chi connectivity index (χ2n) is 2.59. The second-order valence-corrected chi connectivity index (χ2v) is 3.76. The van der Waals surface area contributed by atoms with Gasteiger partial charge in [0, 0.05) is 12.3 Å². The van der Waals surface area contributed by atoms with Crippen LogP contribution in [0.2, 0.25) is 0 Å². The third-order valence-corrected chi connectivity index (χ3v) is 2.49. The first kappa shape index (κ1) is 9.39. The minimum Gasteiger partial charge on any atom is -0.436 e. The number of rotatable bonds is 2. The minimum absolute atomic E-state index is 0.511. The summed E-state index contributed by atoms with van der Waals surface area (Å²) in [6.07, 6.45) is 1.61. The Balaban J connectivity index is 2.24. The molecule has 0 spiro atoms. The fraction of sp³-hybridized carbons (Fsp3) is 0. The molecule has 1 aromatic heterocycles. The lowest BCUT2D eigenvalue weighted by atomic mass is 10.3. The molecule has 0 saturated heterocycles. The van der Waals surface area contributed by atoms with E-state index in [0.29, 0.717) is 5.88 Å². The second kappa shape index (κ2) is 4.36. The molecule has 0 N–H and O–H groups in total. The van der Waals surface area contributed by atoms with Crippen molar-refractivity contribution in [2.45, 2.75) is 0 Å². The molecule has 0 aliphatic carbocycles. The van der Waals surface area contributed by atoms with Gasteiger partial charge in [-0.3, -0.25) is 0 Å². The van der Waals surface area contributed by atoms with Gasteiger partial charge in [0.1, 0.15) is 5.75 Å². The fourth-order valence-corrected chi connectivity index (χ4v) is 1.48. The molecule has 1 heterocycles. The van der Waals surface area contributed by atoms with Crippen molar-refractivity contribution in [1.29, 1.82) is 0 Å². The van der Waals surface area contributed by atoms with Gasteiger partial charge >= 0.3 is 0 Å². The lowest BCUT2D eigenvalue weighted by Crippen LogP contribution is -1.90. The highest BCUT2D eigenvalue weighted by Crippen LogP contribution is 2.24. The molecule has 0 fully saturated rings. The van der Waals surface area contributed by atoms with Crippen LogP contribution in [-0.2, 0) is 0 Å². The van der Waals surface area contributed by atoms with E-state index in [1.54, 1.807) is 18.3 Å². The molecule has 2 aromatic rings. The lowest BCUT2D eigenvalue weighted by molar-refractivity contribution is 0.452. The van der Waals surface area contributed by atoms with E-state index in [0.717, 1.165) is 9.32 Å². The zero-order valence-electron chi connectivity index (χ0n) is 7.22. The number of ether oxygens (including phenoxy) is 1. The van der Waals surface area contributed by atoms with Gasteiger partial charge in [0.15, 0.2) is 0 Å². The average Bonchev–Trinajstić information content (AvgIpc) is 2.23. The Morgan fingerprint density at radius 2 is 1.93 bits per heavy atom. The SMILES string of the molecule is Ic1ccccc1Oc1cccnn1. The van der Waals surface area contributed by atoms with Gasteiger partial charge in [0.2, 0.25) is 5.88 Å². The third kappa shape index (κ3) is 2.20. The molecule has 0 aliphatic heterocycles. The molecule has 14 heavy (non-hydrogen) atoms. The number of aromatic nitrogens is 2. The summed E-state index contributed by atoms with van der Waals surface area (Å²) in [6, 6.07) is 11.3. The van der Waals surface area contributed by atoms with E-state index in [4.69, 9.17) is 4.74 Å². The van der Waals surface area contributed by atoms with Crippen LogP contribution in [0, 0.1) is 3.57 Å². The van der Waals surface area contributed by atoms with E-state index in [1.165, 1.54) is 0 Å². The standard InChI is InChI=1S/C10H7IN2O/c11-8-4-1-2-5-9(8)14-10-6-3-7-12-13-10/h1-7H. The van der Waals surface area contributed by atoms with Gasteiger partial charge in [-0.1, -0.05) is 12.1 Å². The van der Waals surface area contributed by atoms with Crippen LogP contribution in [0.15, 0.2) is 42.6 Å². The number of hydrogen-bond donors (Lipinski definition) is 0. The molecule has 4 heteroatoms. The number of benzene rings is 1. The molecule has 0 unspecified atom stereocenters. The summed E-state index contributed by atoms with van der Waals surface area (Å²) in [5.41, 5.74) is 0. The molecule has 70 valence electrons. The van der Waals surface area contributed by atoms with E-state index in [-0.39, 0.29) is 0 Å². The van der Waals surface area contributed by atoms with E-state index in [2.05, 4.69) is 32.8 Å². The summed E-state index contributed by atoms with van der Waals surface area (Å²) in [4.78, 5) is 0. The molecule has 1 aromatic carbocycles. The summed E-state index contributed by atoms with van der Waals surface area (Å²) in [5.74, 6) is 1.31. The van der Waals surface area contributed by atoms with Gasteiger partial charge in [0.05, 0.1) is 3.57 Å². The molecule has 0 saturated carbocycles. The number of nitrogens with zero attached hydrogens (tertiary/aromatic N) is 2. The monoisotopic (exact) mass is 298 g/mol. The van der Waals surface area contributed by atoms with E-state index in [1.807, 2.05) is 24.3 Å². The average molecular weight is 298 g/mol. The van der Waals surface area contributed by atoms with Crippen molar-refractivity contribution >= 4 is 22.6 Å². The number of hydrogen-bond acceptors (Lipinski definition) is 3. The first-order valence-electron chi connectivity index (χ1n) is 4.06. The fourth-order valence-electron chi connectivity index (χ4n) is 0.982. The van der Waals surface area contributed by atoms with Gasteiger partial charge in [0.25, 0.3) is 0 Å². The Bertz CT molecular complexity index is 419. The quantitative estimate of drug-likeness (QED) is 0.800. The third-order valence-electron chi connectivity index (χ3n) is 1.60. The van der Waals surface area contributed by atoms with Gasteiger partial charge < -0.3 is 4.74 Å². The largest absolute Gasteiger partial charge is 0.436 e. The minimum atomic E-state index is 0.511. The lowest BCUT2D eigenvalue weighted by Gasteiger charge is -2.04. The number of halogens is 1. The summed E-state index contributed by atoms with van der Waals surface area (Å²) >= 11 is 2.21. The van der Waals surface area contributed by atoms with Crippen molar-refractivity contribution < 1.29 is 4.74 Å². The Hall–Kier alpha value is -1.17. The summed E-state index contributed by atoms with van der Waals surface area (Å²) in [6.45, 7) is 0. The molecule has 0 bridgehead atoms. The van der Waals surface area contributed by atoms with Crippen molar-refractivity contribution in [3.8, 4) is 11.6 Å². The van der Waals surface area contributed by atoms with Crippen LogP contribution in [0.1, 0.15) is 0 Å². The normalized spacial score (nSPS) is 9.79. The Kier molecular flexibility index (Phi) is 2.93. The van der Waals surface area contributed by atoms with Crippen molar-refractivity contribution in [2.75, 3.05) is 0 Å². The van der Waals surface area contributed by atoms with Crippen LogP contribution >= 0.6 is 22.6 Å². The highest BCUT2D eigenvalue weighted by molar-refractivity contribution is 14.1. The molecule has 2 rings (SSSR count). The summed E-state index contributed by atoms with van der Waals surface area (Å²) in [7, 11) is 0. The van der Waals surface area contributed by atoms with Crippen LogP contribution in [-0.4, -0.2) is 10.2 Å². The van der Waals surface area contributed by atoms with Crippen LogP contribution < -0.4 is 4.74 Å². The van der Waals surface area contributed by atoms with Crippen LogP contribution in [0.25, 0.3) is 0 Å². The Labute approximate surface area is 95.3 Å². The summed E-state index contributed by atoms with van der Waals surface area (Å²) in [5, 5.41) is 7.57. The van der Waals surface area contributed by atoms with E-state index in [9.17, 15) is 0 Å². The smallest absolute Gasteiger partial charge is 0.238 e. The first-order chi connectivity index (χ1) is 6.86. The van der Waals surface area contributed by atoms with Crippen molar-refractivity contribution in [3.05, 3.63) is 46.2 Å². The molecule has 0 radical (unpaired) electrons. The van der Waals surface area contributed by atoms with Crippen molar-refractivity contribution in [2.24, 2.45) is 0 Å². The molecular weight excluding hydrogens is 291 g/mol. The maximum atomic E-state index is 5.53. The van der Waals surface area contributed by atoms with Crippen LogP contribution in [0.5, 0.6) is 11.6 Å². The van der Waals surface area contributed by atoms with Gasteiger partial charge in [-0.15, -0.1) is 5.10 Å². The molecule has 0 atom stereocenters. The molecule has 0 amide bonds. The molecular formula is C10H7IN2O. The Morgan fingerprint density at radius 3 is 2.64 bits per heavy atom. The zero-order valence-corrected chi connectivity index (χ0v) is 9.38. The number of para-hydroxylation sites is 1. The predicted molar refractivity (Wildman–Crippen MR) is 61.3 cm³/mol. The van der Waals surface area contributed by atoms with Crippen molar-refractivity contribution in [1.82, 2.24) is 10.2 Å². The highest BCUT2D eigenvalue weighted by Gasteiger charge is 2.01. The first-order valence-corrected chi connectivity index (χ1v) is 5.14. The zero-order chi connectivity index (χ0) is 9.80. The van der Waals surface area contributed by atoms with Crippen LogP contribution in [0.3, 0.4) is 0 Å². The van der Waals surface area contributed by atoms with E-state index < -0.39 is 0 Å². The maximum absolute atomic E-state index is 5.53. The maximum Gasteiger partial charge on any atom is 0.238 e. The van der Waals surface area contributed by atoms with Gasteiger partial charge in [-0.05, 0) is 40.8 Å². The predicted octanol–water partition coefficient (Wildman–Crippen LogP) is 2.87. The van der Waals surface area contributed by atoms with Gasteiger partial charge in [-0.25, -0.2) is 0 Å². The van der Waals surface area contributed by atoms with Crippen molar-refractivity contribution in [3.63, 3.8) is 0 Å². The van der Waals surface area contributed by atoms with Gasteiger partial charge in [-0.2, -0.15) is 5.10 Å². The topological polar surface area (TPSA) is 35.0 Å². The summed E-state index contributed by atoms with van der Waals surface area (Å²) < 4.78 is 6.58. The molecule has 3 nitrogen and oxygen atoms in total. The van der Waals surface area contributed by atoms with E-state index >= 15 is 0 Å². The van der Waals surface area contributed by atoms with Crippen LogP contribution in [0.4, 0.5) is 0 Å². The Morgan fingerprint density at radius 1 is 1.07 bits per heavy atom. The molecule has 0 aliphatic rings. The highest BCUT2D eigenvalue weighted by atomic mass is 127.